The Balaban J connectivity index is 1.85. The highest BCUT2D eigenvalue weighted by Crippen LogP contribution is 2.39. The van der Waals surface area contributed by atoms with Crippen LogP contribution in [0.5, 0.6) is 0 Å². The maximum atomic E-state index is 12.6. The number of nitrogens with one attached hydrogen (secondary N) is 1. The fraction of sp³-hybridized carbons (Fsp3) is 0.368. The summed E-state index contributed by atoms with van der Waals surface area (Å²) in [6.07, 6.45) is 3.06. The Kier molecular flexibility index (Phi) is 5.27. The predicted molar refractivity (Wildman–Crippen MR) is 101 cm³/mol. The minimum atomic E-state index is -0.142. The lowest BCUT2D eigenvalue weighted by molar-refractivity contribution is 0.102. The van der Waals surface area contributed by atoms with Crippen molar-refractivity contribution in [2.45, 2.75) is 38.0 Å². The molecular weight excluding hydrogens is 336 g/mol. The van der Waals surface area contributed by atoms with Gasteiger partial charge in [0.05, 0.1) is 5.56 Å². The van der Waals surface area contributed by atoms with Gasteiger partial charge in [0.1, 0.15) is 11.1 Å². The number of anilines is 1. The van der Waals surface area contributed by atoms with Crippen LogP contribution in [0.2, 0.25) is 0 Å². The molecule has 5 heteroatoms. The van der Waals surface area contributed by atoms with Crippen LogP contribution in [0.3, 0.4) is 0 Å². The number of thiophene rings is 1. The molecule has 0 bridgehead atoms. The standard InChI is InChI=1S/C19H20N2OS2/c1-3-23-14-6-4-5-13(10-14)18(22)21-19-16(11-20)15-8-7-12(2)9-17(15)24-19/h4-6,10,12H,3,7-9H2,1-2H3,(H,21,22)/t12-/m1/s1. The van der Waals surface area contributed by atoms with Crippen LogP contribution in [0.4, 0.5) is 5.00 Å². The van der Waals surface area contributed by atoms with E-state index in [0.717, 1.165) is 35.5 Å². The summed E-state index contributed by atoms with van der Waals surface area (Å²) < 4.78 is 0. The number of rotatable bonds is 4. The molecule has 1 aliphatic rings. The third kappa shape index (κ3) is 3.50. The van der Waals surface area contributed by atoms with E-state index in [1.165, 1.54) is 4.88 Å². The average Bonchev–Trinajstić information content (AvgIpc) is 2.91. The van der Waals surface area contributed by atoms with Crippen LogP contribution in [0.25, 0.3) is 0 Å². The van der Waals surface area contributed by atoms with Crippen molar-refractivity contribution < 1.29 is 4.79 Å². The van der Waals surface area contributed by atoms with E-state index in [1.807, 2.05) is 24.3 Å². The number of benzene rings is 1. The SMILES string of the molecule is CCSc1cccc(C(=O)Nc2sc3c(c2C#N)CC[C@@H](C)C3)c1. The van der Waals surface area contributed by atoms with Crippen molar-refractivity contribution in [2.75, 3.05) is 11.1 Å². The number of carbonyl (C=O) groups excluding carboxylic acids is 1. The quantitative estimate of drug-likeness (QED) is 0.775. The Bertz CT molecular complexity index is 804. The van der Waals surface area contributed by atoms with Crippen LogP contribution >= 0.6 is 23.1 Å². The number of nitriles is 1. The lowest BCUT2D eigenvalue weighted by Crippen LogP contribution is -2.12. The number of nitrogens with zero attached hydrogens (tertiary/aromatic N) is 1. The van der Waals surface area contributed by atoms with Gasteiger partial charge in [-0.3, -0.25) is 4.79 Å². The molecule has 0 fully saturated rings. The monoisotopic (exact) mass is 356 g/mol. The molecule has 0 unspecified atom stereocenters. The van der Waals surface area contributed by atoms with Gasteiger partial charge in [-0.1, -0.05) is 19.9 Å². The fourth-order valence-electron chi connectivity index (χ4n) is 3.03. The van der Waals surface area contributed by atoms with Gasteiger partial charge < -0.3 is 5.32 Å². The molecule has 124 valence electrons. The number of amides is 1. The molecule has 1 N–H and O–H groups in total. The molecule has 3 nitrogen and oxygen atoms in total. The number of hydrogen-bond acceptors (Lipinski definition) is 4. The van der Waals surface area contributed by atoms with Gasteiger partial charge >= 0.3 is 0 Å². The second-order valence-electron chi connectivity index (χ2n) is 6.08. The molecule has 1 aromatic heterocycles. The third-order valence-electron chi connectivity index (χ3n) is 4.26. The highest BCUT2D eigenvalue weighted by molar-refractivity contribution is 7.99. The van der Waals surface area contributed by atoms with E-state index in [0.29, 0.717) is 22.0 Å². The van der Waals surface area contributed by atoms with Crippen LogP contribution in [-0.4, -0.2) is 11.7 Å². The number of thioether (sulfide) groups is 1. The van der Waals surface area contributed by atoms with Crippen LogP contribution in [0.1, 0.15) is 46.6 Å². The van der Waals surface area contributed by atoms with Crippen LogP contribution < -0.4 is 5.32 Å². The first-order valence-corrected chi connectivity index (χ1v) is 10.0. The van der Waals surface area contributed by atoms with Crippen molar-refractivity contribution in [1.29, 1.82) is 5.26 Å². The van der Waals surface area contributed by atoms with E-state index in [1.54, 1.807) is 23.1 Å². The molecule has 0 aliphatic heterocycles. The Morgan fingerprint density at radius 3 is 3.08 bits per heavy atom. The van der Waals surface area contributed by atoms with Crippen LogP contribution in [0, 0.1) is 17.2 Å². The number of fused-ring (bicyclic) bond motifs is 1. The smallest absolute Gasteiger partial charge is 0.256 e. The van der Waals surface area contributed by atoms with E-state index in [2.05, 4.69) is 25.2 Å². The zero-order chi connectivity index (χ0) is 17.1. The molecule has 0 saturated carbocycles. The van der Waals surface area contributed by atoms with Crippen molar-refractivity contribution in [3.63, 3.8) is 0 Å². The number of carbonyl (C=O) groups is 1. The van der Waals surface area contributed by atoms with E-state index in [9.17, 15) is 10.1 Å². The van der Waals surface area contributed by atoms with Gasteiger partial charge in [0.2, 0.25) is 0 Å². The molecule has 1 aliphatic carbocycles. The Morgan fingerprint density at radius 1 is 1.50 bits per heavy atom. The topological polar surface area (TPSA) is 52.9 Å². The maximum Gasteiger partial charge on any atom is 0.256 e. The Hall–Kier alpha value is -1.77. The summed E-state index contributed by atoms with van der Waals surface area (Å²) in [6, 6.07) is 9.94. The summed E-state index contributed by atoms with van der Waals surface area (Å²) in [7, 11) is 0. The maximum absolute atomic E-state index is 12.6. The van der Waals surface area contributed by atoms with Gasteiger partial charge in [0.25, 0.3) is 5.91 Å². The highest BCUT2D eigenvalue weighted by atomic mass is 32.2. The molecule has 1 amide bonds. The number of hydrogen-bond donors (Lipinski definition) is 1. The molecule has 24 heavy (non-hydrogen) atoms. The summed E-state index contributed by atoms with van der Waals surface area (Å²) >= 11 is 3.28. The zero-order valence-corrected chi connectivity index (χ0v) is 15.5. The van der Waals surface area contributed by atoms with Crippen LogP contribution in [-0.2, 0) is 12.8 Å². The van der Waals surface area contributed by atoms with E-state index in [4.69, 9.17) is 0 Å². The predicted octanol–water partition coefficient (Wildman–Crippen LogP) is 5.11. The van der Waals surface area contributed by atoms with Crippen molar-refractivity contribution in [3.8, 4) is 6.07 Å². The van der Waals surface area contributed by atoms with Crippen LogP contribution in [0.15, 0.2) is 29.2 Å². The molecule has 0 saturated heterocycles. The van der Waals surface area contributed by atoms with E-state index < -0.39 is 0 Å². The lowest BCUT2D eigenvalue weighted by Gasteiger charge is -2.17. The Labute approximate surface area is 151 Å². The molecule has 1 atom stereocenters. The molecular formula is C19H20N2OS2. The van der Waals surface area contributed by atoms with Crippen molar-refractivity contribution in [1.82, 2.24) is 0 Å². The summed E-state index contributed by atoms with van der Waals surface area (Å²) in [6.45, 7) is 4.33. The fourth-order valence-corrected chi connectivity index (χ4v) is 5.10. The van der Waals surface area contributed by atoms with Gasteiger partial charge in [-0.05, 0) is 54.7 Å². The van der Waals surface area contributed by atoms with Crippen molar-refractivity contribution in [3.05, 3.63) is 45.8 Å². The summed E-state index contributed by atoms with van der Waals surface area (Å²) in [5.41, 5.74) is 2.44. The van der Waals surface area contributed by atoms with Gasteiger partial charge in [-0.15, -0.1) is 23.1 Å². The second-order valence-corrected chi connectivity index (χ2v) is 8.53. The third-order valence-corrected chi connectivity index (χ3v) is 6.30. The molecule has 0 radical (unpaired) electrons. The van der Waals surface area contributed by atoms with Crippen molar-refractivity contribution >= 4 is 34.0 Å². The van der Waals surface area contributed by atoms with Crippen molar-refractivity contribution in [2.24, 2.45) is 5.92 Å². The first-order chi connectivity index (χ1) is 11.6. The Morgan fingerprint density at radius 2 is 2.33 bits per heavy atom. The summed E-state index contributed by atoms with van der Waals surface area (Å²) in [5.74, 6) is 1.48. The minimum absolute atomic E-state index is 0.142. The molecule has 0 spiro atoms. The highest BCUT2D eigenvalue weighted by Gasteiger charge is 2.24. The van der Waals surface area contributed by atoms with Gasteiger partial charge in [0, 0.05) is 15.3 Å². The molecule has 3 rings (SSSR count). The zero-order valence-electron chi connectivity index (χ0n) is 13.9. The van der Waals surface area contributed by atoms with Gasteiger partial charge in [-0.25, -0.2) is 0 Å². The summed E-state index contributed by atoms with van der Waals surface area (Å²) in [5, 5.41) is 13.2. The van der Waals surface area contributed by atoms with Gasteiger partial charge in [0.15, 0.2) is 0 Å². The molecule has 1 aromatic carbocycles. The summed E-state index contributed by atoms with van der Waals surface area (Å²) in [4.78, 5) is 14.9. The molecule has 1 heterocycles. The first-order valence-electron chi connectivity index (χ1n) is 8.21. The van der Waals surface area contributed by atoms with E-state index in [-0.39, 0.29) is 5.91 Å². The second kappa shape index (κ2) is 7.42. The minimum Gasteiger partial charge on any atom is -0.312 e. The molecule has 2 aromatic rings. The van der Waals surface area contributed by atoms with E-state index >= 15 is 0 Å². The van der Waals surface area contributed by atoms with Gasteiger partial charge in [-0.2, -0.15) is 5.26 Å². The lowest BCUT2D eigenvalue weighted by atomic mass is 9.88. The average molecular weight is 357 g/mol. The normalized spacial score (nSPS) is 16.3. The first kappa shape index (κ1) is 17.1. The largest absolute Gasteiger partial charge is 0.312 e.